The molecule has 2 rings (SSSR count). The van der Waals surface area contributed by atoms with Crippen molar-refractivity contribution in [3.8, 4) is 0 Å². The first-order valence-corrected chi connectivity index (χ1v) is 7.42. The van der Waals surface area contributed by atoms with E-state index in [-0.39, 0.29) is 17.9 Å². The fraction of sp³-hybridized carbons (Fsp3) is 0.533. The van der Waals surface area contributed by atoms with Crippen LogP contribution in [0.5, 0.6) is 0 Å². The van der Waals surface area contributed by atoms with E-state index in [0.717, 1.165) is 31.4 Å². The van der Waals surface area contributed by atoms with Gasteiger partial charge in [-0.3, -0.25) is 14.6 Å². The highest BCUT2D eigenvalue weighted by molar-refractivity contribution is 5.82. The van der Waals surface area contributed by atoms with E-state index in [1.165, 1.54) is 0 Å². The smallest absolute Gasteiger partial charge is 0.237 e. The highest BCUT2D eigenvalue weighted by Gasteiger charge is 2.19. The zero-order valence-corrected chi connectivity index (χ0v) is 12.1. The molecule has 0 saturated carbocycles. The van der Waals surface area contributed by atoms with Gasteiger partial charge in [0.25, 0.3) is 0 Å². The normalized spacial score (nSPS) is 18.0. The van der Waals surface area contributed by atoms with Crippen molar-refractivity contribution < 1.29 is 9.59 Å². The minimum absolute atomic E-state index is 0.00485. The molecule has 0 radical (unpaired) electrons. The van der Waals surface area contributed by atoms with E-state index in [1.807, 2.05) is 12.1 Å². The summed E-state index contributed by atoms with van der Waals surface area (Å²) in [6, 6.07) is 3.64. The zero-order valence-electron chi connectivity index (χ0n) is 12.1. The van der Waals surface area contributed by atoms with Crippen molar-refractivity contribution in [2.75, 3.05) is 13.1 Å². The molecule has 3 N–H and O–H groups in total. The van der Waals surface area contributed by atoms with Crippen LogP contribution in [0.25, 0.3) is 0 Å². The molecule has 1 aliphatic heterocycles. The second-order valence-corrected chi connectivity index (χ2v) is 5.18. The summed E-state index contributed by atoms with van der Waals surface area (Å²) in [7, 11) is 0. The monoisotopic (exact) mass is 290 g/mol. The van der Waals surface area contributed by atoms with Gasteiger partial charge in [0.05, 0.1) is 6.04 Å². The molecule has 2 heterocycles. The Morgan fingerprint density at radius 1 is 1.33 bits per heavy atom. The lowest BCUT2D eigenvalue weighted by atomic mass is 10.0. The third-order valence-electron chi connectivity index (χ3n) is 3.49. The molecule has 114 valence electrons. The van der Waals surface area contributed by atoms with Gasteiger partial charge in [0, 0.05) is 31.9 Å². The maximum Gasteiger partial charge on any atom is 0.237 e. The number of piperidine rings is 1. The third-order valence-corrected chi connectivity index (χ3v) is 3.49. The number of hydrogen-bond donors (Lipinski definition) is 3. The van der Waals surface area contributed by atoms with E-state index in [2.05, 4.69) is 20.9 Å². The SMILES string of the molecule is O=C(CCNC(=O)C1CCCCN1)NCc1cccnc1. The van der Waals surface area contributed by atoms with Gasteiger partial charge in [-0.2, -0.15) is 0 Å². The topological polar surface area (TPSA) is 83.1 Å². The Balaban J connectivity index is 1.59. The molecule has 0 spiro atoms. The van der Waals surface area contributed by atoms with Crippen LogP contribution in [0.1, 0.15) is 31.2 Å². The Morgan fingerprint density at radius 2 is 2.24 bits per heavy atom. The zero-order chi connectivity index (χ0) is 14.9. The molecule has 1 aliphatic rings. The number of hydrogen-bond acceptors (Lipinski definition) is 4. The van der Waals surface area contributed by atoms with Crippen molar-refractivity contribution in [3.63, 3.8) is 0 Å². The predicted octanol–water partition coefficient (Wildman–Crippen LogP) is 0.346. The second-order valence-electron chi connectivity index (χ2n) is 5.18. The molecule has 21 heavy (non-hydrogen) atoms. The molecular formula is C15H22N4O2. The molecule has 2 amide bonds. The Labute approximate surface area is 124 Å². The Morgan fingerprint density at radius 3 is 2.95 bits per heavy atom. The van der Waals surface area contributed by atoms with Gasteiger partial charge in [0.1, 0.15) is 0 Å². The molecule has 1 aromatic rings. The molecule has 6 heteroatoms. The average Bonchev–Trinajstić information content (AvgIpc) is 2.54. The molecule has 0 aromatic carbocycles. The van der Waals surface area contributed by atoms with Crippen molar-refractivity contribution in [2.24, 2.45) is 0 Å². The molecular weight excluding hydrogens is 268 g/mol. The number of carbonyl (C=O) groups excluding carboxylic acids is 2. The highest BCUT2D eigenvalue weighted by atomic mass is 16.2. The van der Waals surface area contributed by atoms with Gasteiger partial charge in [-0.05, 0) is 31.0 Å². The molecule has 1 atom stereocenters. The summed E-state index contributed by atoms with van der Waals surface area (Å²) in [4.78, 5) is 27.5. The van der Waals surface area contributed by atoms with E-state index in [0.29, 0.717) is 19.5 Å². The average molecular weight is 290 g/mol. The highest BCUT2D eigenvalue weighted by Crippen LogP contribution is 2.06. The van der Waals surface area contributed by atoms with Crippen LogP contribution in [0.4, 0.5) is 0 Å². The van der Waals surface area contributed by atoms with E-state index >= 15 is 0 Å². The fourth-order valence-electron chi connectivity index (χ4n) is 2.29. The van der Waals surface area contributed by atoms with E-state index < -0.39 is 0 Å². The van der Waals surface area contributed by atoms with Crippen molar-refractivity contribution in [2.45, 2.75) is 38.3 Å². The minimum atomic E-state index is -0.0998. The Bertz CT molecular complexity index is 458. The number of nitrogens with zero attached hydrogens (tertiary/aromatic N) is 1. The maximum atomic E-state index is 11.8. The van der Waals surface area contributed by atoms with E-state index in [1.54, 1.807) is 12.4 Å². The van der Waals surface area contributed by atoms with Gasteiger partial charge in [0.15, 0.2) is 0 Å². The number of rotatable bonds is 6. The summed E-state index contributed by atoms with van der Waals surface area (Å²) in [5.74, 6) is -0.0782. The van der Waals surface area contributed by atoms with Gasteiger partial charge in [-0.25, -0.2) is 0 Å². The van der Waals surface area contributed by atoms with Crippen LogP contribution in [0.2, 0.25) is 0 Å². The third kappa shape index (κ3) is 5.51. The summed E-state index contributed by atoms with van der Waals surface area (Å²) in [6.45, 7) is 1.73. The maximum absolute atomic E-state index is 11.8. The lowest BCUT2D eigenvalue weighted by Crippen LogP contribution is -2.47. The van der Waals surface area contributed by atoms with Crippen LogP contribution < -0.4 is 16.0 Å². The van der Waals surface area contributed by atoms with Gasteiger partial charge in [0.2, 0.25) is 11.8 Å². The number of carbonyl (C=O) groups is 2. The lowest BCUT2D eigenvalue weighted by molar-refractivity contribution is -0.124. The van der Waals surface area contributed by atoms with Crippen molar-refractivity contribution in [3.05, 3.63) is 30.1 Å². The quantitative estimate of drug-likeness (QED) is 0.706. The number of aromatic nitrogens is 1. The summed E-state index contributed by atoms with van der Waals surface area (Å²) < 4.78 is 0. The molecule has 0 aliphatic carbocycles. The molecule has 0 bridgehead atoms. The minimum Gasteiger partial charge on any atom is -0.354 e. The molecule has 1 aromatic heterocycles. The summed E-state index contributed by atoms with van der Waals surface area (Å²) in [6.07, 6.45) is 6.78. The Hall–Kier alpha value is -1.95. The molecule has 6 nitrogen and oxygen atoms in total. The van der Waals surface area contributed by atoms with Gasteiger partial charge < -0.3 is 16.0 Å². The number of nitrogens with one attached hydrogen (secondary N) is 3. The first kappa shape index (κ1) is 15.4. The second kappa shape index (κ2) is 8.36. The fourth-order valence-corrected chi connectivity index (χ4v) is 2.29. The molecule has 1 saturated heterocycles. The van der Waals surface area contributed by atoms with Gasteiger partial charge >= 0.3 is 0 Å². The summed E-state index contributed by atoms with van der Waals surface area (Å²) in [5, 5.41) is 8.80. The lowest BCUT2D eigenvalue weighted by Gasteiger charge is -2.22. The van der Waals surface area contributed by atoms with E-state index in [9.17, 15) is 9.59 Å². The van der Waals surface area contributed by atoms with Crippen LogP contribution >= 0.6 is 0 Å². The van der Waals surface area contributed by atoms with E-state index in [4.69, 9.17) is 0 Å². The van der Waals surface area contributed by atoms with Gasteiger partial charge in [-0.1, -0.05) is 12.5 Å². The van der Waals surface area contributed by atoms with Crippen LogP contribution in [0.3, 0.4) is 0 Å². The summed E-state index contributed by atoms with van der Waals surface area (Å²) >= 11 is 0. The van der Waals surface area contributed by atoms with Crippen LogP contribution in [-0.2, 0) is 16.1 Å². The van der Waals surface area contributed by atoms with Gasteiger partial charge in [-0.15, -0.1) is 0 Å². The summed E-state index contributed by atoms with van der Waals surface area (Å²) in [5.41, 5.74) is 0.960. The Kier molecular flexibility index (Phi) is 6.15. The van der Waals surface area contributed by atoms with Crippen LogP contribution in [-0.4, -0.2) is 35.9 Å². The standard InChI is InChI=1S/C15H22N4O2/c20-14(19-11-12-4-3-7-16-10-12)6-9-18-15(21)13-5-1-2-8-17-13/h3-4,7,10,13,17H,1-2,5-6,8-9,11H2,(H,18,21)(H,19,20). The largest absolute Gasteiger partial charge is 0.354 e. The predicted molar refractivity (Wildman–Crippen MR) is 79.4 cm³/mol. The van der Waals surface area contributed by atoms with Crippen molar-refractivity contribution in [1.29, 1.82) is 0 Å². The van der Waals surface area contributed by atoms with Crippen molar-refractivity contribution >= 4 is 11.8 Å². The number of pyridine rings is 1. The number of amides is 2. The molecule has 1 unspecified atom stereocenters. The van der Waals surface area contributed by atoms with Crippen LogP contribution in [0, 0.1) is 0 Å². The first-order chi connectivity index (χ1) is 10.3. The van der Waals surface area contributed by atoms with Crippen LogP contribution in [0.15, 0.2) is 24.5 Å². The van der Waals surface area contributed by atoms with Crippen molar-refractivity contribution in [1.82, 2.24) is 20.9 Å². The first-order valence-electron chi connectivity index (χ1n) is 7.42. The molecule has 1 fully saturated rings.